The Labute approximate surface area is 264 Å². The van der Waals surface area contributed by atoms with E-state index in [2.05, 4.69) is 15.6 Å². The quantitative estimate of drug-likeness (QED) is 0.281. The lowest BCUT2D eigenvalue weighted by Crippen LogP contribution is -2.54. The summed E-state index contributed by atoms with van der Waals surface area (Å²) in [5, 5.41) is 7.04. The number of carbonyl (C=O) groups is 4. The van der Waals surface area contributed by atoms with Crippen molar-refractivity contribution in [3.05, 3.63) is 64.9 Å². The topological polar surface area (TPSA) is 130 Å². The summed E-state index contributed by atoms with van der Waals surface area (Å²) in [5.41, 5.74) is 1.77. The second kappa shape index (κ2) is 18.2. The predicted octanol–water partition coefficient (Wildman–Crippen LogP) is 4.29. The number of rotatable bonds is 15. The molecule has 1 aliphatic rings. The third-order valence-corrected chi connectivity index (χ3v) is 8.15. The maximum Gasteiger partial charge on any atom is 0.408 e. The third-order valence-electron chi connectivity index (χ3n) is 7.92. The van der Waals surface area contributed by atoms with Crippen LogP contribution in [0.2, 0.25) is 5.02 Å². The molecule has 4 amide bonds. The number of hydrogen-bond donors (Lipinski definition) is 2. The lowest BCUT2D eigenvalue weighted by Gasteiger charge is -2.29. The minimum atomic E-state index is -1.04. The van der Waals surface area contributed by atoms with E-state index < -0.39 is 30.0 Å². The number of benzene rings is 1. The Morgan fingerprint density at radius 1 is 1.00 bits per heavy atom. The van der Waals surface area contributed by atoms with Gasteiger partial charge in [0.15, 0.2) is 0 Å². The molecule has 1 aliphatic carbocycles. The van der Waals surface area contributed by atoms with Crippen LogP contribution in [0.15, 0.2) is 48.8 Å². The Kier molecular flexibility index (Phi) is 14.4. The van der Waals surface area contributed by atoms with Crippen LogP contribution in [0.25, 0.3) is 0 Å². The highest BCUT2D eigenvalue weighted by Crippen LogP contribution is 2.27. The summed E-state index contributed by atoms with van der Waals surface area (Å²) in [4.78, 5) is 63.2. The molecular weight excluding hydrogens is 586 g/mol. The van der Waals surface area contributed by atoms with E-state index in [0.29, 0.717) is 30.0 Å². The van der Waals surface area contributed by atoms with E-state index in [1.807, 2.05) is 12.1 Å². The van der Waals surface area contributed by atoms with Crippen LogP contribution in [0.3, 0.4) is 0 Å². The second-order valence-corrected chi connectivity index (χ2v) is 11.6. The largest absolute Gasteiger partial charge is 0.445 e. The molecule has 2 atom stereocenters. The van der Waals surface area contributed by atoms with Gasteiger partial charge in [-0.3, -0.25) is 24.2 Å². The number of hydrogen-bond acceptors (Lipinski definition) is 7. The van der Waals surface area contributed by atoms with E-state index in [1.54, 1.807) is 48.6 Å². The van der Waals surface area contributed by atoms with Crippen LogP contribution in [0.4, 0.5) is 4.79 Å². The number of aromatic nitrogens is 1. The Morgan fingerprint density at radius 3 is 2.41 bits per heavy atom. The van der Waals surface area contributed by atoms with Crippen LogP contribution in [-0.4, -0.2) is 78.6 Å². The van der Waals surface area contributed by atoms with Gasteiger partial charge in [0, 0.05) is 44.5 Å². The van der Waals surface area contributed by atoms with Crippen LogP contribution in [0.1, 0.15) is 62.5 Å². The first-order valence-corrected chi connectivity index (χ1v) is 15.5. The monoisotopic (exact) mass is 629 g/mol. The van der Waals surface area contributed by atoms with Crippen molar-refractivity contribution in [2.45, 2.75) is 76.5 Å². The van der Waals surface area contributed by atoms with Crippen LogP contribution < -0.4 is 10.6 Å². The van der Waals surface area contributed by atoms with Crippen LogP contribution in [0, 0.1) is 5.92 Å². The summed E-state index contributed by atoms with van der Waals surface area (Å²) in [6.45, 7) is 0.483. The summed E-state index contributed by atoms with van der Waals surface area (Å²) in [5.74, 6) is -0.934. The number of amides is 4. The molecule has 1 saturated carbocycles. The van der Waals surface area contributed by atoms with E-state index in [1.165, 1.54) is 14.2 Å². The van der Waals surface area contributed by atoms with Crippen LogP contribution in [0.5, 0.6) is 0 Å². The van der Waals surface area contributed by atoms with Gasteiger partial charge in [0.1, 0.15) is 18.7 Å². The zero-order valence-corrected chi connectivity index (χ0v) is 26.6. The van der Waals surface area contributed by atoms with Gasteiger partial charge in [-0.2, -0.15) is 0 Å². The fourth-order valence-corrected chi connectivity index (χ4v) is 5.43. The van der Waals surface area contributed by atoms with Crippen LogP contribution in [-0.2, 0) is 37.0 Å². The van der Waals surface area contributed by atoms with Crippen molar-refractivity contribution >= 4 is 35.4 Å². The molecular formula is C32H44ClN5O6. The van der Waals surface area contributed by atoms with Gasteiger partial charge >= 0.3 is 6.09 Å². The van der Waals surface area contributed by atoms with Gasteiger partial charge in [-0.25, -0.2) is 9.86 Å². The van der Waals surface area contributed by atoms with E-state index in [4.69, 9.17) is 21.2 Å². The first-order valence-electron chi connectivity index (χ1n) is 15.1. The van der Waals surface area contributed by atoms with Gasteiger partial charge in [-0.1, -0.05) is 55.8 Å². The molecule has 0 saturated heterocycles. The van der Waals surface area contributed by atoms with E-state index in [-0.39, 0.29) is 31.3 Å². The van der Waals surface area contributed by atoms with Gasteiger partial charge in [0.05, 0.1) is 7.11 Å². The van der Waals surface area contributed by atoms with Crippen molar-refractivity contribution in [1.82, 2.24) is 25.6 Å². The number of carbonyl (C=O) groups excluding carboxylic acids is 4. The van der Waals surface area contributed by atoms with E-state index in [0.717, 1.165) is 42.7 Å². The van der Waals surface area contributed by atoms with Gasteiger partial charge in [-0.05, 0) is 60.6 Å². The highest BCUT2D eigenvalue weighted by Gasteiger charge is 2.31. The number of nitrogens with zero attached hydrogens (tertiary/aromatic N) is 3. The molecule has 2 aromatic rings. The molecule has 240 valence electrons. The molecule has 44 heavy (non-hydrogen) atoms. The molecule has 1 aromatic heterocycles. The zero-order valence-electron chi connectivity index (χ0n) is 25.8. The normalized spacial score (nSPS) is 14.6. The lowest BCUT2D eigenvalue weighted by atomic mass is 9.84. The number of nitrogens with one attached hydrogen (secondary N) is 2. The molecule has 1 aromatic carbocycles. The molecule has 11 nitrogen and oxygen atoms in total. The number of ether oxygens (including phenoxy) is 1. The zero-order chi connectivity index (χ0) is 31.9. The van der Waals surface area contributed by atoms with Gasteiger partial charge in [0.2, 0.25) is 11.8 Å². The average Bonchev–Trinajstić information content (AvgIpc) is 3.04. The first-order chi connectivity index (χ1) is 21.2. The molecule has 12 heteroatoms. The van der Waals surface area contributed by atoms with Gasteiger partial charge < -0.3 is 20.3 Å². The Bertz CT molecular complexity index is 1230. The highest BCUT2D eigenvalue weighted by molar-refractivity contribution is 6.30. The number of halogens is 1. The van der Waals surface area contributed by atoms with E-state index in [9.17, 15) is 19.2 Å². The number of likely N-dealkylation sites (N-methyl/N-ethyl adjacent to an activating group) is 2. The third kappa shape index (κ3) is 11.8. The Balaban J connectivity index is 1.64. The molecule has 1 heterocycles. The smallest absolute Gasteiger partial charge is 0.408 e. The minimum absolute atomic E-state index is 0.0132. The number of hydroxylamine groups is 2. The lowest BCUT2D eigenvalue weighted by molar-refractivity contribution is -0.172. The van der Waals surface area contributed by atoms with Crippen molar-refractivity contribution in [2.24, 2.45) is 5.92 Å². The molecule has 3 rings (SSSR count). The van der Waals surface area contributed by atoms with Crippen molar-refractivity contribution in [3.8, 4) is 0 Å². The Morgan fingerprint density at radius 2 is 1.73 bits per heavy atom. The first kappa shape index (κ1) is 34.8. The number of alkyl carbamates (subject to hydrolysis) is 1. The molecule has 0 radical (unpaired) electrons. The minimum Gasteiger partial charge on any atom is -0.445 e. The molecule has 1 fully saturated rings. The van der Waals surface area contributed by atoms with Gasteiger partial charge in [-0.15, -0.1) is 0 Å². The van der Waals surface area contributed by atoms with E-state index >= 15 is 0 Å². The summed E-state index contributed by atoms with van der Waals surface area (Å²) in [6, 6.07) is 8.79. The summed E-state index contributed by atoms with van der Waals surface area (Å²) in [6.07, 6.45) is 9.02. The Hall–Kier alpha value is -3.70. The summed E-state index contributed by atoms with van der Waals surface area (Å²) in [7, 11) is 4.49. The van der Waals surface area contributed by atoms with Crippen molar-refractivity contribution in [1.29, 1.82) is 0 Å². The standard InChI is InChI=1S/C32H44ClN5O6/c1-37(19-16-23-14-17-34-18-15-23)29(39)13-12-27(31(41)38(2)43-3)35-30(40)28(21-24-8-5-4-6-9-24)36-32(42)44-22-25-10-7-11-26(33)20-25/h7,10-11,14-15,17-18,20,24,27-28H,4-6,8-9,12-13,16,19,21-22H2,1-3H3,(H,35,40)(H,36,42)/t27-,28-/m0/s1. The molecule has 0 spiro atoms. The molecule has 0 bridgehead atoms. The fourth-order valence-electron chi connectivity index (χ4n) is 5.22. The molecule has 0 unspecified atom stereocenters. The molecule has 2 N–H and O–H groups in total. The maximum atomic E-state index is 13.6. The second-order valence-electron chi connectivity index (χ2n) is 11.2. The summed E-state index contributed by atoms with van der Waals surface area (Å²) >= 11 is 6.03. The van der Waals surface area contributed by atoms with Crippen LogP contribution >= 0.6 is 11.6 Å². The highest BCUT2D eigenvalue weighted by atomic mass is 35.5. The number of pyridine rings is 1. The van der Waals surface area contributed by atoms with Crippen molar-refractivity contribution in [2.75, 3.05) is 27.7 Å². The average molecular weight is 630 g/mol. The predicted molar refractivity (Wildman–Crippen MR) is 166 cm³/mol. The SMILES string of the molecule is CON(C)C(=O)[C@H](CCC(=O)N(C)CCc1ccncc1)NC(=O)[C@H](CC1CCCCC1)NC(=O)OCc1cccc(Cl)c1. The van der Waals surface area contributed by atoms with Gasteiger partial charge in [0.25, 0.3) is 5.91 Å². The fraction of sp³-hybridized carbons (Fsp3) is 0.531. The molecule has 0 aliphatic heterocycles. The van der Waals surface area contributed by atoms with Crippen molar-refractivity contribution < 1.29 is 28.8 Å². The van der Waals surface area contributed by atoms with Crippen molar-refractivity contribution in [3.63, 3.8) is 0 Å². The maximum absolute atomic E-state index is 13.6. The summed E-state index contributed by atoms with van der Waals surface area (Å²) < 4.78 is 5.38.